The number of thioether (sulfide) groups is 1. The molecular weight excluding hydrogens is 320 g/mol. The van der Waals surface area contributed by atoms with Crippen LogP contribution in [0.1, 0.15) is 23.5 Å². The van der Waals surface area contributed by atoms with Crippen LogP contribution in [-0.4, -0.2) is 24.3 Å². The molecule has 8 heteroatoms. The van der Waals surface area contributed by atoms with Crippen LogP contribution in [-0.2, 0) is 5.75 Å². The molecule has 0 saturated heterocycles. The van der Waals surface area contributed by atoms with Crippen molar-refractivity contribution in [2.24, 2.45) is 0 Å². The maximum absolute atomic E-state index is 12.8. The van der Waals surface area contributed by atoms with Crippen LogP contribution in [0.25, 0.3) is 5.69 Å². The second kappa shape index (κ2) is 6.49. The molecule has 5 nitrogen and oxygen atoms in total. The number of rotatable bonds is 5. The number of hydrogen-bond donors (Lipinski definition) is 0. The van der Waals surface area contributed by atoms with E-state index in [2.05, 4.69) is 21.2 Å². The van der Waals surface area contributed by atoms with Gasteiger partial charge in [-0.2, -0.15) is 8.78 Å². The standard InChI is InChI=1S/C15H15F2N5S/c1-10-3-4-12(11(2)7-10)22-9-19-20-15(22)23-8-13-18-5-6-21(13)14(16)17/h3-7,9,14H,8H2,1-2H3. The van der Waals surface area contributed by atoms with Gasteiger partial charge in [0.25, 0.3) is 0 Å². The molecule has 0 amide bonds. The van der Waals surface area contributed by atoms with Crippen LogP contribution >= 0.6 is 11.8 Å². The third kappa shape index (κ3) is 3.26. The van der Waals surface area contributed by atoms with Crippen LogP contribution in [0, 0.1) is 13.8 Å². The molecule has 0 radical (unpaired) electrons. The van der Waals surface area contributed by atoms with Gasteiger partial charge >= 0.3 is 6.55 Å². The average molecular weight is 335 g/mol. The van der Waals surface area contributed by atoms with E-state index in [1.54, 1.807) is 6.33 Å². The SMILES string of the molecule is Cc1ccc(-n2cnnc2SCc2nccn2C(F)F)c(C)c1. The molecule has 2 aromatic heterocycles. The van der Waals surface area contributed by atoms with Crippen LogP contribution in [0.15, 0.2) is 42.1 Å². The number of nitrogens with zero attached hydrogens (tertiary/aromatic N) is 5. The predicted molar refractivity (Wildman–Crippen MR) is 83.9 cm³/mol. The van der Waals surface area contributed by atoms with E-state index in [0.29, 0.717) is 16.7 Å². The first kappa shape index (κ1) is 15.7. The van der Waals surface area contributed by atoms with Gasteiger partial charge in [0, 0.05) is 12.4 Å². The first-order valence-corrected chi connectivity index (χ1v) is 7.95. The predicted octanol–water partition coefficient (Wildman–Crippen LogP) is 3.77. The van der Waals surface area contributed by atoms with Gasteiger partial charge in [-0.25, -0.2) is 4.98 Å². The quantitative estimate of drug-likeness (QED) is 0.666. The second-order valence-electron chi connectivity index (χ2n) is 5.09. The van der Waals surface area contributed by atoms with Crippen molar-refractivity contribution < 1.29 is 8.78 Å². The Kier molecular flexibility index (Phi) is 4.42. The molecule has 0 saturated carbocycles. The van der Waals surface area contributed by atoms with E-state index in [-0.39, 0.29) is 0 Å². The van der Waals surface area contributed by atoms with E-state index in [9.17, 15) is 8.78 Å². The minimum absolute atomic E-state index is 0.293. The summed E-state index contributed by atoms with van der Waals surface area (Å²) >= 11 is 1.32. The summed E-state index contributed by atoms with van der Waals surface area (Å²) in [6.45, 7) is 1.45. The highest BCUT2D eigenvalue weighted by atomic mass is 32.2. The molecule has 3 rings (SSSR count). The Morgan fingerprint density at radius 1 is 1.26 bits per heavy atom. The van der Waals surface area contributed by atoms with Gasteiger partial charge in [-0.1, -0.05) is 29.5 Å². The lowest BCUT2D eigenvalue weighted by atomic mass is 10.1. The molecule has 0 unspecified atom stereocenters. The molecule has 0 bridgehead atoms. The Bertz CT molecular complexity index is 812. The molecule has 0 aliphatic rings. The summed E-state index contributed by atoms with van der Waals surface area (Å²) in [6, 6.07) is 6.09. The van der Waals surface area contributed by atoms with Crippen LogP contribution in [0.4, 0.5) is 8.78 Å². The number of halogens is 2. The minimum Gasteiger partial charge on any atom is -0.277 e. The van der Waals surface area contributed by atoms with Crippen molar-refractivity contribution in [3.8, 4) is 5.69 Å². The topological polar surface area (TPSA) is 48.5 Å². The minimum atomic E-state index is -2.59. The summed E-state index contributed by atoms with van der Waals surface area (Å²) in [4.78, 5) is 3.97. The van der Waals surface area contributed by atoms with Crippen molar-refractivity contribution in [2.75, 3.05) is 0 Å². The Balaban J connectivity index is 1.83. The van der Waals surface area contributed by atoms with Crippen molar-refractivity contribution in [2.45, 2.75) is 31.3 Å². The first-order valence-electron chi connectivity index (χ1n) is 6.96. The smallest absolute Gasteiger partial charge is 0.277 e. The highest BCUT2D eigenvalue weighted by Gasteiger charge is 2.14. The van der Waals surface area contributed by atoms with E-state index in [1.807, 2.05) is 30.5 Å². The maximum Gasteiger partial charge on any atom is 0.319 e. The van der Waals surface area contributed by atoms with Gasteiger partial charge in [0.05, 0.1) is 11.4 Å². The number of imidazole rings is 1. The van der Waals surface area contributed by atoms with E-state index in [4.69, 9.17) is 0 Å². The molecule has 23 heavy (non-hydrogen) atoms. The van der Waals surface area contributed by atoms with Crippen LogP contribution < -0.4 is 0 Å². The van der Waals surface area contributed by atoms with Gasteiger partial charge in [0.15, 0.2) is 5.16 Å². The largest absolute Gasteiger partial charge is 0.319 e. The molecule has 1 aromatic carbocycles. The summed E-state index contributed by atoms with van der Waals surface area (Å²) in [5.74, 6) is 0.598. The lowest BCUT2D eigenvalue weighted by Crippen LogP contribution is -2.03. The summed E-state index contributed by atoms with van der Waals surface area (Å²) in [5.41, 5.74) is 3.24. The molecular formula is C15H15F2N5S. The van der Waals surface area contributed by atoms with Crippen LogP contribution in [0.2, 0.25) is 0 Å². The third-order valence-electron chi connectivity index (χ3n) is 3.42. The Labute approximate surface area is 136 Å². The third-order valence-corrected chi connectivity index (χ3v) is 4.36. The van der Waals surface area contributed by atoms with Gasteiger partial charge in [-0.15, -0.1) is 10.2 Å². The van der Waals surface area contributed by atoms with Crippen molar-refractivity contribution in [1.82, 2.24) is 24.3 Å². The van der Waals surface area contributed by atoms with E-state index < -0.39 is 6.55 Å². The molecule has 2 heterocycles. The van der Waals surface area contributed by atoms with Crippen LogP contribution in [0.3, 0.4) is 0 Å². The fourth-order valence-electron chi connectivity index (χ4n) is 2.33. The van der Waals surface area contributed by atoms with Gasteiger partial charge in [-0.3, -0.25) is 9.13 Å². The van der Waals surface area contributed by atoms with Crippen molar-refractivity contribution >= 4 is 11.8 Å². The van der Waals surface area contributed by atoms with Gasteiger partial charge in [0.2, 0.25) is 0 Å². The zero-order valence-electron chi connectivity index (χ0n) is 12.6. The Morgan fingerprint density at radius 3 is 2.83 bits per heavy atom. The zero-order valence-corrected chi connectivity index (χ0v) is 13.5. The number of aryl methyl sites for hydroxylation is 2. The Hall–Kier alpha value is -2.22. The molecule has 0 aliphatic heterocycles. The first-order chi connectivity index (χ1) is 11.1. The van der Waals surface area contributed by atoms with Gasteiger partial charge in [0.1, 0.15) is 12.2 Å². The summed E-state index contributed by atoms with van der Waals surface area (Å²) in [6.07, 6.45) is 4.27. The van der Waals surface area contributed by atoms with Crippen molar-refractivity contribution in [3.05, 3.63) is 53.9 Å². The summed E-state index contributed by atoms with van der Waals surface area (Å²) in [5, 5.41) is 8.66. The highest BCUT2D eigenvalue weighted by Crippen LogP contribution is 2.26. The normalized spacial score (nSPS) is 11.3. The molecule has 120 valence electrons. The van der Waals surface area contributed by atoms with E-state index in [0.717, 1.165) is 15.8 Å². The van der Waals surface area contributed by atoms with Crippen LogP contribution in [0.5, 0.6) is 0 Å². The summed E-state index contributed by atoms with van der Waals surface area (Å²) in [7, 11) is 0. The Morgan fingerprint density at radius 2 is 2.09 bits per heavy atom. The fourth-order valence-corrected chi connectivity index (χ4v) is 3.20. The molecule has 0 spiro atoms. The molecule has 0 aliphatic carbocycles. The monoisotopic (exact) mass is 335 g/mol. The lowest BCUT2D eigenvalue weighted by molar-refractivity contribution is 0.0678. The second-order valence-corrected chi connectivity index (χ2v) is 6.03. The molecule has 3 aromatic rings. The van der Waals surface area contributed by atoms with Gasteiger partial charge in [-0.05, 0) is 25.5 Å². The molecule has 0 fully saturated rings. The van der Waals surface area contributed by atoms with Crippen molar-refractivity contribution in [3.63, 3.8) is 0 Å². The van der Waals surface area contributed by atoms with Crippen molar-refractivity contribution in [1.29, 1.82) is 0 Å². The number of aromatic nitrogens is 5. The average Bonchev–Trinajstić information content (AvgIpc) is 3.13. The highest BCUT2D eigenvalue weighted by molar-refractivity contribution is 7.98. The summed E-state index contributed by atoms with van der Waals surface area (Å²) < 4.78 is 28.4. The zero-order chi connectivity index (χ0) is 16.4. The number of benzene rings is 1. The number of alkyl halides is 2. The number of hydrogen-bond acceptors (Lipinski definition) is 4. The van der Waals surface area contributed by atoms with E-state index >= 15 is 0 Å². The molecule has 0 N–H and O–H groups in total. The lowest BCUT2D eigenvalue weighted by Gasteiger charge is -2.10. The fraction of sp³-hybridized carbons (Fsp3) is 0.267. The molecule has 0 atom stereocenters. The maximum atomic E-state index is 12.8. The van der Waals surface area contributed by atoms with Gasteiger partial charge < -0.3 is 0 Å². The van der Waals surface area contributed by atoms with E-state index in [1.165, 1.54) is 29.7 Å².